The van der Waals surface area contributed by atoms with Crippen molar-refractivity contribution in [3.8, 4) is 11.5 Å². The monoisotopic (exact) mass is 365 g/mol. The van der Waals surface area contributed by atoms with Crippen LogP contribution in [0, 0.1) is 6.92 Å². The lowest BCUT2D eigenvalue weighted by Crippen LogP contribution is -2.18. The van der Waals surface area contributed by atoms with Gasteiger partial charge in [0, 0.05) is 11.6 Å². The van der Waals surface area contributed by atoms with Gasteiger partial charge in [-0.15, -0.1) is 0 Å². The van der Waals surface area contributed by atoms with E-state index in [0.717, 1.165) is 12.0 Å². The molecule has 0 aliphatic rings. The molecule has 26 heavy (non-hydrogen) atoms. The topological polar surface area (TPSA) is 56.8 Å². The minimum atomic E-state index is -3.19. The largest absolute Gasteiger partial charge is 0.497 e. The van der Waals surface area contributed by atoms with Crippen molar-refractivity contribution in [2.75, 3.05) is 12.4 Å². The summed E-state index contributed by atoms with van der Waals surface area (Å²) in [6, 6.07) is 10.8. The van der Waals surface area contributed by atoms with Crippen LogP contribution in [0.15, 0.2) is 36.4 Å². The van der Waals surface area contributed by atoms with Crippen LogP contribution in [0.1, 0.15) is 23.6 Å². The number of anilines is 1. The SMILES string of the molecule is CCc1ccc(OCc2ccc(OC)cc2NC(=O)OC(F)F)c(C)c1. The van der Waals surface area contributed by atoms with Gasteiger partial charge in [-0.3, -0.25) is 5.32 Å². The lowest BCUT2D eigenvalue weighted by atomic mass is 10.1. The van der Waals surface area contributed by atoms with Gasteiger partial charge < -0.3 is 14.2 Å². The summed E-state index contributed by atoms with van der Waals surface area (Å²) in [6.45, 7) is 0.964. The van der Waals surface area contributed by atoms with Crippen LogP contribution in [0.3, 0.4) is 0 Å². The second-order valence-corrected chi connectivity index (χ2v) is 5.56. The number of carbonyl (C=O) groups is 1. The van der Waals surface area contributed by atoms with E-state index in [1.165, 1.54) is 18.7 Å². The van der Waals surface area contributed by atoms with Gasteiger partial charge in [-0.2, -0.15) is 8.78 Å². The molecule has 0 radical (unpaired) electrons. The number of hydrogen-bond donors (Lipinski definition) is 1. The second-order valence-electron chi connectivity index (χ2n) is 5.56. The lowest BCUT2D eigenvalue weighted by Gasteiger charge is -2.15. The fraction of sp³-hybridized carbons (Fsp3) is 0.316. The van der Waals surface area contributed by atoms with E-state index in [0.29, 0.717) is 17.1 Å². The molecule has 5 nitrogen and oxygen atoms in total. The predicted octanol–water partition coefficient (Wildman–Crippen LogP) is 4.92. The van der Waals surface area contributed by atoms with Gasteiger partial charge in [0.1, 0.15) is 18.1 Å². The molecule has 0 unspecified atom stereocenters. The Morgan fingerprint density at radius 1 is 1.19 bits per heavy atom. The summed E-state index contributed by atoms with van der Waals surface area (Å²) in [5.74, 6) is 1.17. The maximum atomic E-state index is 12.2. The van der Waals surface area contributed by atoms with E-state index < -0.39 is 12.7 Å². The van der Waals surface area contributed by atoms with E-state index in [-0.39, 0.29) is 12.3 Å². The number of amides is 1. The zero-order valence-corrected chi connectivity index (χ0v) is 14.8. The Hall–Kier alpha value is -2.83. The number of ether oxygens (including phenoxy) is 3. The van der Waals surface area contributed by atoms with Crippen LogP contribution in [-0.4, -0.2) is 19.8 Å². The minimum absolute atomic E-state index is 0.139. The first-order chi connectivity index (χ1) is 12.4. The third-order valence-electron chi connectivity index (χ3n) is 3.78. The Labute approximate surface area is 150 Å². The molecule has 0 aromatic heterocycles. The average molecular weight is 365 g/mol. The van der Waals surface area contributed by atoms with Gasteiger partial charge in [-0.1, -0.05) is 19.1 Å². The van der Waals surface area contributed by atoms with E-state index in [2.05, 4.69) is 17.0 Å². The molecular formula is C19H21F2NO4. The summed E-state index contributed by atoms with van der Waals surface area (Å²) in [6.07, 6.45) is -0.321. The molecular weight excluding hydrogens is 344 g/mol. The molecule has 0 aliphatic carbocycles. The zero-order chi connectivity index (χ0) is 19.1. The average Bonchev–Trinajstić information content (AvgIpc) is 2.60. The third-order valence-corrected chi connectivity index (χ3v) is 3.78. The molecule has 0 spiro atoms. The Morgan fingerprint density at radius 2 is 1.96 bits per heavy atom. The van der Waals surface area contributed by atoms with Gasteiger partial charge >= 0.3 is 12.7 Å². The standard InChI is InChI=1S/C19H21F2NO4/c1-4-13-5-8-17(12(2)9-13)25-11-14-6-7-15(24-3)10-16(14)22-19(23)26-18(20)21/h5-10,18H,4,11H2,1-3H3,(H,22,23). The quantitative estimate of drug-likeness (QED) is 0.757. The highest BCUT2D eigenvalue weighted by Gasteiger charge is 2.14. The molecule has 0 fully saturated rings. The van der Waals surface area contributed by atoms with E-state index in [1.807, 2.05) is 25.1 Å². The molecule has 2 aromatic rings. The van der Waals surface area contributed by atoms with Crippen molar-refractivity contribution in [3.05, 3.63) is 53.1 Å². The van der Waals surface area contributed by atoms with Crippen LogP contribution in [0.5, 0.6) is 11.5 Å². The van der Waals surface area contributed by atoms with Crippen molar-refractivity contribution < 1.29 is 27.8 Å². The molecule has 2 aromatic carbocycles. The number of hydrogen-bond acceptors (Lipinski definition) is 4. The molecule has 2 rings (SSSR count). The van der Waals surface area contributed by atoms with Crippen molar-refractivity contribution in [1.82, 2.24) is 0 Å². The fourth-order valence-corrected chi connectivity index (χ4v) is 2.39. The first-order valence-electron chi connectivity index (χ1n) is 8.08. The van der Waals surface area contributed by atoms with Crippen LogP contribution < -0.4 is 14.8 Å². The molecule has 0 saturated carbocycles. The molecule has 1 N–H and O–H groups in total. The molecule has 1 amide bonds. The van der Waals surface area contributed by atoms with E-state index in [9.17, 15) is 13.6 Å². The van der Waals surface area contributed by atoms with E-state index in [4.69, 9.17) is 9.47 Å². The first-order valence-corrected chi connectivity index (χ1v) is 8.08. The van der Waals surface area contributed by atoms with Crippen molar-refractivity contribution in [2.24, 2.45) is 0 Å². The highest BCUT2D eigenvalue weighted by Crippen LogP contribution is 2.26. The zero-order valence-electron chi connectivity index (χ0n) is 14.8. The summed E-state index contributed by atoms with van der Waals surface area (Å²) >= 11 is 0. The summed E-state index contributed by atoms with van der Waals surface area (Å²) in [4.78, 5) is 11.5. The normalized spacial score (nSPS) is 10.5. The Kier molecular flexibility index (Phi) is 6.77. The summed E-state index contributed by atoms with van der Waals surface area (Å²) in [7, 11) is 1.46. The maximum absolute atomic E-state index is 12.2. The number of alkyl halides is 2. The molecule has 0 atom stereocenters. The van der Waals surface area contributed by atoms with Gasteiger partial charge in [0.15, 0.2) is 0 Å². The van der Waals surface area contributed by atoms with Crippen LogP contribution in [0.2, 0.25) is 0 Å². The molecule has 0 saturated heterocycles. The molecule has 0 aliphatic heterocycles. The number of nitrogens with one attached hydrogen (secondary N) is 1. The summed E-state index contributed by atoms with van der Waals surface area (Å²) in [5.41, 5.74) is 3.06. The van der Waals surface area contributed by atoms with Gasteiger partial charge in [-0.05, 0) is 42.7 Å². The molecule has 7 heteroatoms. The van der Waals surface area contributed by atoms with Gasteiger partial charge in [0.25, 0.3) is 0 Å². The number of carbonyl (C=O) groups excluding carboxylic acids is 1. The lowest BCUT2D eigenvalue weighted by molar-refractivity contribution is -0.0766. The smallest absolute Gasteiger partial charge is 0.416 e. The number of benzene rings is 2. The Morgan fingerprint density at radius 3 is 2.58 bits per heavy atom. The van der Waals surface area contributed by atoms with Crippen LogP contribution in [0.25, 0.3) is 0 Å². The van der Waals surface area contributed by atoms with Gasteiger partial charge in [0.05, 0.1) is 12.8 Å². The van der Waals surface area contributed by atoms with Crippen molar-refractivity contribution in [2.45, 2.75) is 33.5 Å². The third kappa shape index (κ3) is 5.34. The molecule has 0 heterocycles. The minimum Gasteiger partial charge on any atom is -0.497 e. The van der Waals surface area contributed by atoms with Crippen LogP contribution in [-0.2, 0) is 17.8 Å². The second kappa shape index (κ2) is 9.03. The van der Waals surface area contributed by atoms with E-state index >= 15 is 0 Å². The highest BCUT2D eigenvalue weighted by atomic mass is 19.3. The Balaban J connectivity index is 2.16. The van der Waals surface area contributed by atoms with Crippen molar-refractivity contribution in [3.63, 3.8) is 0 Å². The number of aryl methyl sites for hydroxylation is 2. The number of rotatable bonds is 7. The predicted molar refractivity (Wildman–Crippen MR) is 94.0 cm³/mol. The van der Waals surface area contributed by atoms with E-state index in [1.54, 1.807) is 12.1 Å². The highest BCUT2D eigenvalue weighted by molar-refractivity contribution is 5.86. The fourth-order valence-electron chi connectivity index (χ4n) is 2.39. The van der Waals surface area contributed by atoms with Crippen molar-refractivity contribution in [1.29, 1.82) is 0 Å². The van der Waals surface area contributed by atoms with Crippen LogP contribution >= 0.6 is 0 Å². The Bertz CT molecular complexity index is 765. The van der Waals surface area contributed by atoms with Gasteiger partial charge in [0.2, 0.25) is 0 Å². The molecule has 140 valence electrons. The summed E-state index contributed by atoms with van der Waals surface area (Å²) < 4.78 is 39.1. The van der Waals surface area contributed by atoms with Crippen LogP contribution in [0.4, 0.5) is 19.3 Å². The number of halogens is 2. The first kappa shape index (κ1) is 19.5. The van der Waals surface area contributed by atoms with Crippen molar-refractivity contribution >= 4 is 11.8 Å². The molecule has 0 bridgehead atoms. The maximum Gasteiger partial charge on any atom is 0.416 e. The van der Waals surface area contributed by atoms with Gasteiger partial charge in [-0.25, -0.2) is 4.79 Å². The summed E-state index contributed by atoms with van der Waals surface area (Å²) in [5, 5.41) is 2.28. The number of methoxy groups -OCH3 is 1.